The molecule has 4 aromatic rings. The van der Waals surface area contributed by atoms with Crippen LogP contribution in [-0.4, -0.2) is 40.7 Å². The van der Waals surface area contributed by atoms with E-state index in [1.54, 1.807) is 31.4 Å². The lowest BCUT2D eigenvalue weighted by Crippen LogP contribution is -2.27. The number of nitrogens with zero attached hydrogens (tertiary/aromatic N) is 3. The van der Waals surface area contributed by atoms with Crippen LogP contribution in [-0.2, 0) is 11.8 Å². The summed E-state index contributed by atoms with van der Waals surface area (Å²) < 4.78 is 25.9. The minimum Gasteiger partial charge on any atom is -0.457 e. The van der Waals surface area contributed by atoms with Crippen LogP contribution in [0.1, 0.15) is 10.5 Å². The molecule has 0 aliphatic rings. The fraction of sp³-hybridized carbons (Fsp3) is 0.174. The molecule has 1 amide bonds. The van der Waals surface area contributed by atoms with E-state index in [1.165, 1.54) is 18.3 Å². The molecule has 0 unspecified atom stereocenters. The van der Waals surface area contributed by atoms with Crippen LogP contribution >= 0.6 is 0 Å². The van der Waals surface area contributed by atoms with Gasteiger partial charge in [-0.15, -0.1) is 0 Å². The van der Waals surface area contributed by atoms with Gasteiger partial charge >= 0.3 is 0 Å². The first-order valence-corrected chi connectivity index (χ1v) is 9.93. The van der Waals surface area contributed by atoms with Crippen molar-refractivity contribution >= 4 is 28.6 Å². The van der Waals surface area contributed by atoms with Crippen LogP contribution in [0.2, 0.25) is 0 Å². The zero-order valence-corrected chi connectivity index (χ0v) is 17.6. The molecule has 2 heterocycles. The molecule has 0 spiro atoms. The largest absolute Gasteiger partial charge is 0.457 e. The number of hydrogen-bond donors (Lipinski definition) is 2. The summed E-state index contributed by atoms with van der Waals surface area (Å²) in [6.07, 6.45) is 1.52. The Morgan fingerprint density at radius 3 is 2.66 bits per heavy atom. The summed E-state index contributed by atoms with van der Waals surface area (Å²) >= 11 is 0. The Kier molecular flexibility index (Phi) is 6.27. The third kappa shape index (κ3) is 4.84. The summed E-state index contributed by atoms with van der Waals surface area (Å²) in [6.45, 7) is 0.816. The first-order chi connectivity index (χ1) is 15.5. The van der Waals surface area contributed by atoms with Crippen molar-refractivity contribution in [2.24, 2.45) is 7.05 Å². The van der Waals surface area contributed by atoms with E-state index in [4.69, 9.17) is 9.47 Å². The number of imidazole rings is 1. The summed E-state index contributed by atoms with van der Waals surface area (Å²) in [6, 6.07) is 14.9. The summed E-state index contributed by atoms with van der Waals surface area (Å²) in [4.78, 5) is 20.9. The molecule has 8 nitrogen and oxygen atoms in total. The molecule has 32 heavy (non-hydrogen) atoms. The minimum atomic E-state index is -0.302. The number of aryl methyl sites for hydroxylation is 1. The molecule has 0 aliphatic heterocycles. The molecule has 0 saturated carbocycles. The van der Waals surface area contributed by atoms with Crippen LogP contribution in [0.5, 0.6) is 11.5 Å². The molecule has 0 atom stereocenters. The summed E-state index contributed by atoms with van der Waals surface area (Å²) in [7, 11) is 3.46. The molecule has 0 bridgehead atoms. The number of aromatic nitrogens is 3. The highest BCUT2D eigenvalue weighted by Gasteiger charge is 2.11. The van der Waals surface area contributed by atoms with Gasteiger partial charge in [-0.3, -0.25) is 9.78 Å². The van der Waals surface area contributed by atoms with Gasteiger partial charge in [-0.25, -0.2) is 9.37 Å². The lowest BCUT2D eigenvalue weighted by molar-refractivity contribution is 0.0932. The van der Waals surface area contributed by atoms with Crippen LogP contribution in [0, 0.1) is 5.82 Å². The predicted molar refractivity (Wildman–Crippen MR) is 119 cm³/mol. The van der Waals surface area contributed by atoms with Crippen molar-refractivity contribution in [2.45, 2.75) is 0 Å². The van der Waals surface area contributed by atoms with Gasteiger partial charge in [-0.1, -0.05) is 0 Å². The molecule has 0 radical (unpaired) electrons. The van der Waals surface area contributed by atoms with Gasteiger partial charge in [0.15, 0.2) is 0 Å². The Morgan fingerprint density at radius 1 is 1.09 bits per heavy atom. The van der Waals surface area contributed by atoms with Crippen molar-refractivity contribution in [1.82, 2.24) is 19.9 Å². The predicted octanol–water partition coefficient (Wildman–Crippen LogP) is 4.02. The lowest BCUT2D eigenvalue weighted by atomic mass is 10.3. The quantitative estimate of drug-likeness (QED) is 0.406. The maximum absolute atomic E-state index is 13.1. The highest BCUT2D eigenvalue weighted by Crippen LogP contribution is 2.28. The van der Waals surface area contributed by atoms with Gasteiger partial charge in [0, 0.05) is 44.7 Å². The monoisotopic (exact) mass is 435 g/mol. The molecule has 2 aromatic heterocycles. The Bertz CT molecular complexity index is 1240. The SMILES string of the molecule is COCCNC(=O)c1cc(Oc2ccc3c(c2)nc(Nc2ccc(F)cc2)n3C)ccn1. The number of anilines is 2. The van der Waals surface area contributed by atoms with Crippen molar-refractivity contribution in [2.75, 3.05) is 25.6 Å². The van der Waals surface area contributed by atoms with E-state index in [0.717, 1.165) is 16.7 Å². The van der Waals surface area contributed by atoms with Crippen LogP contribution in [0.15, 0.2) is 60.8 Å². The lowest BCUT2D eigenvalue weighted by Gasteiger charge is -2.08. The van der Waals surface area contributed by atoms with E-state index in [9.17, 15) is 9.18 Å². The zero-order valence-electron chi connectivity index (χ0n) is 17.6. The molecule has 2 aromatic carbocycles. The number of amides is 1. The van der Waals surface area contributed by atoms with Crippen molar-refractivity contribution in [3.05, 3.63) is 72.3 Å². The standard InChI is InChI=1S/C23H22FN5O3/c1-29-21-8-7-17(13-19(21)28-23(29)27-16-5-3-15(24)4-6-16)32-18-9-10-25-20(14-18)22(30)26-11-12-31-2/h3-10,13-14H,11-12H2,1-2H3,(H,26,30)(H,27,28). The average Bonchev–Trinajstić information content (AvgIpc) is 3.10. The van der Waals surface area contributed by atoms with Crippen molar-refractivity contribution in [3.63, 3.8) is 0 Å². The normalized spacial score (nSPS) is 10.8. The molecule has 9 heteroatoms. The molecular formula is C23H22FN5O3. The Hall–Kier alpha value is -3.98. The van der Waals surface area contributed by atoms with Crippen LogP contribution in [0.4, 0.5) is 16.0 Å². The summed E-state index contributed by atoms with van der Waals surface area (Å²) in [5, 5.41) is 5.91. The van der Waals surface area contributed by atoms with Crippen LogP contribution in [0.25, 0.3) is 11.0 Å². The van der Waals surface area contributed by atoms with Crippen molar-refractivity contribution in [3.8, 4) is 11.5 Å². The summed E-state index contributed by atoms with van der Waals surface area (Å²) in [5.74, 6) is 1.07. The van der Waals surface area contributed by atoms with Gasteiger partial charge in [0.25, 0.3) is 5.91 Å². The topological polar surface area (TPSA) is 90.3 Å². The number of nitrogens with one attached hydrogen (secondary N) is 2. The second-order valence-corrected chi connectivity index (χ2v) is 7.00. The number of hydrogen-bond acceptors (Lipinski definition) is 6. The van der Waals surface area contributed by atoms with Gasteiger partial charge in [0.1, 0.15) is 23.0 Å². The fourth-order valence-electron chi connectivity index (χ4n) is 3.11. The Labute approximate surface area is 184 Å². The third-order valence-corrected chi connectivity index (χ3v) is 4.74. The fourth-order valence-corrected chi connectivity index (χ4v) is 3.11. The van der Waals surface area contributed by atoms with Gasteiger partial charge in [0.05, 0.1) is 17.6 Å². The first kappa shape index (κ1) is 21.3. The first-order valence-electron chi connectivity index (χ1n) is 9.93. The number of carbonyl (C=O) groups excluding carboxylic acids is 1. The molecule has 164 valence electrons. The maximum Gasteiger partial charge on any atom is 0.270 e. The molecular weight excluding hydrogens is 413 g/mol. The second kappa shape index (κ2) is 9.44. The Balaban J connectivity index is 1.51. The average molecular weight is 435 g/mol. The summed E-state index contributed by atoms with van der Waals surface area (Å²) in [5.41, 5.74) is 2.61. The van der Waals surface area contributed by atoms with Crippen LogP contribution < -0.4 is 15.4 Å². The van der Waals surface area contributed by atoms with E-state index in [2.05, 4.69) is 20.6 Å². The number of fused-ring (bicyclic) bond motifs is 1. The van der Waals surface area contributed by atoms with E-state index in [1.807, 2.05) is 29.8 Å². The zero-order chi connectivity index (χ0) is 22.5. The number of rotatable bonds is 8. The highest BCUT2D eigenvalue weighted by atomic mass is 19.1. The molecule has 2 N–H and O–H groups in total. The molecule has 4 rings (SSSR count). The van der Waals surface area contributed by atoms with Crippen molar-refractivity contribution in [1.29, 1.82) is 0 Å². The number of benzene rings is 2. The van der Waals surface area contributed by atoms with Crippen molar-refractivity contribution < 1.29 is 18.7 Å². The molecule has 0 saturated heterocycles. The number of methoxy groups -OCH3 is 1. The maximum atomic E-state index is 13.1. The van der Waals surface area contributed by atoms with E-state index in [-0.39, 0.29) is 17.4 Å². The molecule has 0 fully saturated rings. The van der Waals surface area contributed by atoms with Gasteiger partial charge in [-0.05, 0) is 42.5 Å². The van der Waals surface area contributed by atoms with Gasteiger partial charge in [-0.2, -0.15) is 0 Å². The number of pyridine rings is 1. The van der Waals surface area contributed by atoms with E-state index >= 15 is 0 Å². The Morgan fingerprint density at radius 2 is 1.88 bits per heavy atom. The minimum absolute atomic E-state index is 0.253. The smallest absolute Gasteiger partial charge is 0.270 e. The number of carbonyl (C=O) groups is 1. The number of ether oxygens (including phenoxy) is 2. The van der Waals surface area contributed by atoms with Gasteiger partial charge in [0.2, 0.25) is 5.95 Å². The highest BCUT2D eigenvalue weighted by molar-refractivity contribution is 5.92. The second-order valence-electron chi connectivity index (χ2n) is 7.00. The van der Waals surface area contributed by atoms with E-state index in [0.29, 0.717) is 30.6 Å². The van der Waals surface area contributed by atoms with E-state index < -0.39 is 0 Å². The third-order valence-electron chi connectivity index (χ3n) is 4.74. The van der Waals surface area contributed by atoms with Gasteiger partial charge < -0.3 is 24.7 Å². The van der Waals surface area contributed by atoms with Crippen LogP contribution in [0.3, 0.4) is 0 Å². The molecule has 0 aliphatic carbocycles. The number of halogens is 1.